The number of rotatable bonds is 3. The first kappa shape index (κ1) is 23.7. The lowest BCUT2D eigenvalue weighted by Crippen LogP contribution is -1.99. The first-order valence-corrected chi connectivity index (χ1v) is 14.2. The van der Waals surface area contributed by atoms with Crippen molar-refractivity contribution in [3.8, 4) is 27.9 Å². The van der Waals surface area contributed by atoms with Crippen LogP contribution in [0.15, 0.2) is 133 Å². The van der Waals surface area contributed by atoms with Gasteiger partial charge in [0.05, 0.1) is 11.4 Å². The molecule has 0 aliphatic heterocycles. The van der Waals surface area contributed by atoms with Gasteiger partial charge in [-0.2, -0.15) is 5.10 Å². The monoisotopic (exact) mass is 524 g/mol. The number of hydrogen-bond acceptors (Lipinski definition) is 1. The van der Waals surface area contributed by atoms with Crippen molar-refractivity contribution in [1.29, 1.82) is 0 Å². The second-order valence-corrected chi connectivity index (χ2v) is 10.9. The zero-order valence-corrected chi connectivity index (χ0v) is 23.1. The molecule has 0 radical (unpaired) electrons. The van der Waals surface area contributed by atoms with E-state index < -0.39 is 0 Å². The Balaban J connectivity index is 1.42. The zero-order valence-electron chi connectivity index (χ0n) is 23.1. The van der Waals surface area contributed by atoms with Crippen LogP contribution in [0.1, 0.15) is 11.4 Å². The largest absolute Gasteiger partial charge is 0.237 e. The molecule has 1 aromatic heterocycles. The molecule has 0 saturated heterocycles. The minimum absolute atomic E-state index is 1.03. The van der Waals surface area contributed by atoms with Gasteiger partial charge in [-0.25, -0.2) is 4.68 Å². The van der Waals surface area contributed by atoms with Gasteiger partial charge in [-0.3, -0.25) is 0 Å². The van der Waals surface area contributed by atoms with Crippen LogP contribution in [0.25, 0.3) is 71.0 Å². The van der Waals surface area contributed by atoms with Crippen LogP contribution in [0.4, 0.5) is 0 Å². The van der Waals surface area contributed by atoms with Crippen LogP contribution in [0.3, 0.4) is 0 Å². The average Bonchev–Trinajstić information content (AvgIpc) is 3.32. The first-order valence-electron chi connectivity index (χ1n) is 14.2. The quantitative estimate of drug-likeness (QED) is 0.210. The van der Waals surface area contributed by atoms with E-state index in [9.17, 15) is 0 Å². The van der Waals surface area contributed by atoms with Crippen molar-refractivity contribution in [2.75, 3.05) is 0 Å². The van der Waals surface area contributed by atoms with E-state index in [2.05, 4.69) is 152 Å². The summed E-state index contributed by atoms with van der Waals surface area (Å²) in [5, 5.41) is 15.1. The molecule has 0 saturated carbocycles. The van der Waals surface area contributed by atoms with Crippen LogP contribution in [0.2, 0.25) is 0 Å². The average molecular weight is 525 g/mol. The number of benzene rings is 7. The number of aryl methyl sites for hydroxylation is 1. The van der Waals surface area contributed by atoms with Crippen LogP contribution >= 0.6 is 0 Å². The summed E-state index contributed by atoms with van der Waals surface area (Å²) in [5.74, 6) is 0. The van der Waals surface area contributed by atoms with Gasteiger partial charge in [0.2, 0.25) is 0 Å². The lowest BCUT2D eigenvalue weighted by atomic mass is 9.85. The minimum Gasteiger partial charge on any atom is -0.237 e. The Morgan fingerprint density at radius 2 is 0.927 bits per heavy atom. The van der Waals surface area contributed by atoms with E-state index in [1.165, 1.54) is 65.3 Å². The number of hydrogen-bond donors (Lipinski definition) is 0. The normalized spacial score (nSPS) is 11.7. The van der Waals surface area contributed by atoms with Crippen molar-refractivity contribution in [2.24, 2.45) is 0 Å². The van der Waals surface area contributed by atoms with Crippen LogP contribution < -0.4 is 0 Å². The third kappa shape index (κ3) is 3.68. The molecule has 0 aliphatic carbocycles. The van der Waals surface area contributed by atoms with Gasteiger partial charge >= 0.3 is 0 Å². The van der Waals surface area contributed by atoms with Crippen molar-refractivity contribution in [1.82, 2.24) is 9.78 Å². The Bertz CT molecular complexity index is 2230. The summed E-state index contributed by atoms with van der Waals surface area (Å²) in [6.45, 7) is 4.34. The van der Waals surface area contributed by atoms with Crippen molar-refractivity contribution in [2.45, 2.75) is 13.8 Å². The predicted octanol–water partition coefficient (Wildman–Crippen LogP) is 10.4. The molecule has 0 fully saturated rings. The fourth-order valence-electron chi connectivity index (χ4n) is 6.62. The molecule has 0 spiro atoms. The predicted molar refractivity (Wildman–Crippen MR) is 174 cm³/mol. The fraction of sp³-hybridized carbons (Fsp3) is 0.0513. The lowest BCUT2D eigenvalue weighted by Gasteiger charge is -2.18. The maximum Gasteiger partial charge on any atom is 0.0679 e. The smallest absolute Gasteiger partial charge is 0.0679 e. The van der Waals surface area contributed by atoms with E-state index in [4.69, 9.17) is 5.10 Å². The first-order chi connectivity index (χ1) is 20.2. The highest BCUT2D eigenvalue weighted by Gasteiger charge is 2.22. The second-order valence-electron chi connectivity index (χ2n) is 10.9. The van der Waals surface area contributed by atoms with E-state index in [1.54, 1.807) is 0 Å². The van der Waals surface area contributed by atoms with Gasteiger partial charge in [-0.15, -0.1) is 0 Å². The molecule has 2 heteroatoms. The highest BCUT2D eigenvalue weighted by Crippen LogP contribution is 2.45. The van der Waals surface area contributed by atoms with Crippen molar-refractivity contribution < 1.29 is 0 Å². The van der Waals surface area contributed by atoms with Crippen LogP contribution in [0, 0.1) is 13.8 Å². The molecule has 0 bridgehead atoms. The SMILES string of the molecule is Cc1nn(-c2ccc3ccccc3c2)c(C)c1-c1c2ccccc2c(-c2ccc3ccccc3c2)c2ccccc12. The van der Waals surface area contributed by atoms with Gasteiger partial charge in [-0.1, -0.05) is 115 Å². The van der Waals surface area contributed by atoms with Gasteiger partial charge in [-0.05, 0) is 86.3 Å². The molecule has 1 heterocycles. The summed E-state index contributed by atoms with van der Waals surface area (Å²) in [6.07, 6.45) is 0. The lowest BCUT2D eigenvalue weighted by molar-refractivity contribution is 0.835. The second kappa shape index (κ2) is 9.18. The maximum atomic E-state index is 5.11. The Morgan fingerprint density at radius 1 is 0.439 bits per heavy atom. The van der Waals surface area contributed by atoms with Crippen molar-refractivity contribution in [3.05, 3.63) is 145 Å². The summed E-state index contributed by atoms with van der Waals surface area (Å²) < 4.78 is 2.11. The summed E-state index contributed by atoms with van der Waals surface area (Å²) >= 11 is 0. The standard InChI is InChI=1S/C39H28N2/c1-25-37(26(2)41(40-25)32-22-21-28-12-4-6-14-30(28)24-32)39-35-17-9-7-15-33(35)38(34-16-8-10-18-36(34)39)31-20-19-27-11-3-5-13-29(27)23-31/h3-24H,1-2H3. The van der Waals surface area contributed by atoms with Gasteiger partial charge < -0.3 is 0 Å². The zero-order chi connectivity index (χ0) is 27.5. The molecule has 41 heavy (non-hydrogen) atoms. The van der Waals surface area contributed by atoms with Gasteiger partial charge in [0, 0.05) is 16.8 Å². The highest BCUT2D eigenvalue weighted by molar-refractivity contribution is 6.22. The molecule has 0 atom stereocenters. The molecule has 7 aromatic carbocycles. The Labute approximate surface area is 239 Å². The summed E-state index contributed by atoms with van der Waals surface area (Å²) in [4.78, 5) is 0. The third-order valence-electron chi connectivity index (χ3n) is 8.49. The van der Waals surface area contributed by atoms with Crippen molar-refractivity contribution >= 4 is 43.1 Å². The third-order valence-corrected chi connectivity index (χ3v) is 8.49. The van der Waals surface area contributed by atoms with Gasteiger partial charge in [0.1, 0.15) is 0 Å². The molecular formula is C39H28N2. The van der Waals surface area contributed by atoms with Gasteiger partial charge in [0.25, 0.3) is 0 Å². The Morgan fingerprint density at radius 3 is 1.54 bits per heavy atom. The molecule has 0 aliphatic rings. The van der Waals surface area contributed by atoms with E-state index >= 15 is 0 Å². The van der Waals surface area contributed by atoms with Crippen LogP contribution in [-0.2, 0) is 0 Å². The molecule has 0 unspecified atom stereocenters. The Kier molecular flexibility index (Phi) is 5.30. The van der Waals surface area contributed by atoms with Crippen LogP contribution in [-0.4, -0.2) is 9.78 Å². The molecule has 194 valence electrons. The van der Waals surface area contributed by atoms with E-state index in [0.29, 0.717) is 0 Å². The fourth-order valence-corrected chi connectivity index (χ4v) is 6.62. The summed E-state index contributed by atoms with van der Waals surface area (Å²) in [5.41, 5.74) is 8.23. The summed E-state index contributed by atoms with van der Waals surface area (Å²) in [6, 6.07) is 48.2. The summed E-state index contributed by atoms with van der Waals surface area (Å²) in [7, 11) is 0. The van der Waals surface area contributed by atoms with E-state index in [0.717, 1.165) is 17.1 Å². The molecular weight excluding hydrogens is 496 g/mol. The number of fused-ring (bicyclic) bond motifs is 4. The Hall–Kier alpha value is -5.21. The number of aromatic nitrogens is 2. The van der Waals surface area contributed by atoms with E-state index in [1.807, 2.05) is 0 Å². The molecule has 8 rings (SSSR count). The van der Waals surface area contributed by atoms with E-state index in [-0.39, 0.29) is 0 Å². The number of nitrogens with zero attached hydrogens (tertiary/aromatic N) is 2. The van der Waals surface area contributed by atoms with Crippen molar-refractivity contribution in [3.63, 3.8) is 0 Å². The molecule has 2 nitrogen and oxygen atoms in total. The minimum atomic E-state index is 1.03. The maximum absolute atomic E-state index is 5.11. The molecule has 0 N–H and O–H groups in total. The topological polar surface area (TPSA) is 17.8 Å². The highest BCUT2D eigenvalue weighted by atomic mass is 15.3. The molecule has 0 amide bonds. The van der Waals surface area contributed by atoms with Crippen LogP contribution in [0.5, 0.6) is 0 Å². The molecule has 8 aromatic rings. The van der Waals surface area contributed by atoms with Gasteiger partial charge in [0.15, 0.2) is 0 Å².